The van der Waals surface area contributed by atoms with Gasteiger partial charge in [-0.05, 0) is 11.6 Å². The normalized spacial score (nSPS) is 9.47. The van der Waals surface area contributed by atoms with E-state index in [1.807, 2.05) is 0 Å². The van der Waals surface area contributed by atoms with Crippen LogP contribution in [0.4, 0.5) is 0 Å². The zero-order valence-corrected chi connectivity index (χ0v) is 8.52. The van der Waals surface area contributed by atoms with E-state index in [2.05, 4.69) is 14.5 Å². The minimum atomic E-state index is -0.478. The first-order valence-corrected chi connectivity index (χ1v) is 4.26. The Morgan fingerprint density at radius 1 is 1.27 bits per heavy atom. The van der Waals surface area contributed by atoms with Crippen LogP contribution in [-0.4, -0.2) is 31.1 Å². The van der Waals surface area contributed by atoms with E-state index in [0.29, 0.717) is 11.1 Å². The molecule has 80 valence electrons. The van der Waals surface area contributed by atoms with E-state index >= 15 is 0 Å². The summed E-state index contributed by atoms with van der Waals surface area (Å²) in [6, 6.07) is 1.55. The largest absolute Gasteiger partial charge is 0.469 e. The number of esters is 2. The van der Waals surface area contributed by atoms with Crippen LogP contribution in [0.5, 0.6) is 0 Å². The maximum atomic E-state index is 11.1. The number of methoxy groups -OCH3 is 2. The Balaban J connectivity index is 2.83. The summed E-state index contributed by atoms with van der Waals surface area (Å²) in [6.45, 7) is 0. The monoisotopic (exact) mass is 209 g/mol. The summed E-state index contributed by atoms with van der Waals surface area (Å²) in [5, 5.41) is 0. The summed E-state index contributed by atoms with van der Waals surface area (Å²) in [6.07, 6.45) is 2.98. The molecule has 15 heavy (non-hydrogen) atoms. The van der Waals surface area contributed by atoms with Crippen molar-refractivity contribution in [3.63, 3.8) is 0 Å². The molecular formula is C10H11NO4. The lowest BCUT2D eigenvalue weighted by molar-refractivity contribution is -0.139. The lowest BCUT2D eigenvalue weighted by Crippen LogP contribution is -2.07. The van der Waals surface area contributed by atoms with Crippen LogP contribution in [0.3, 0.4) is 0 Å². The van der Waals surface area contributed by atoms with E-state index < -0.39 is 5.97 Å². The topological polar surface area (TPSA) is 65.5 Å². The molecule has 1 rings (SSSR count). The molecule has 0 bridgehead atoms. The number of carbonyl (C=O) groups excluding carboxylic acids is 2. The van der Waals surface area contributed by atoms with Gasteiger partial charge in [0.2, 0.25) is 0 Å². The van der Waals surface area contributed by atoms with E-state index in [0.717, 1.165) is 0 Å². The number of pyridine rings is 1. The summed E-state index contributed by atoms with van der Waals surface area (Å²) in [5.74, 6) is -0.854. The Kier molecular flexibility index (Phi) is 3.79. The molecule has 0 atom stereocenters. The molecule has 0 radical (unpaired) electrons. The predicted molar refractivity (Wildman–Crippen MR) is 51.3 cm³/mol. The van der Waals surface area contributed by atoms with Gasteiger partial charge in [0, 0.05) is 12.4 Å². The SMILES string of the molecule is COC(=O)Cc1cncc(C(=O)OC)c1. The summed E-state index contributed by atoms with van der Waals surface area (Å²) in [7, 11) is 2.59. The molecule has 0 unspecified atom stereocenters. The van der Waals surface area contributed by atoms with Gasteiger partial charge in [0.05, 0.1) is 26.2 Å². The number of ether oxygens (including phenoxy) is 2. The lowest BCUT2D eigenvalue weighted by Gasteiger charge is -2.02. The Labute approximate surface area is 87.0 Å². The minimum absolute atomic E-state index is 0.0916. The number of nitrogens with zero attached hydrogens (tertiary/aromatic N) is 1. The van der Waals surface area contributed by atoms with Gasteiger partial charge < -0.3 is 9.47 Å². The maximum absolute atomic E-state index is 11.1. The van der Waals surface area contributed by atoms with Gasteiger partial charge in [-0.15, -0.1) is 0 Å². The van der Waals surface area contributed by atoms with Crippen molar-refractivity contribution in [2.75, 3.05) is 14.2 Å². The molecule has 0 spiro atoms. The molecule has 0 saturated heterocycles. The standard InChI is InChI=1S/C10H11NO4/c1-14-9(12)4-7-3-8(6-11-5-7)10(13)15-2/h3,5-6H,4H2,1-2H3. The van der Waals surface area contributed by atoms with E-state index in [-0.39, 0.29) is 12.4 Å². The highest BCUT2D eigenvalue weighted by Crippen LogP contribution is 2.05. The van der Waals surface area contributed by atoms with Crippen LogP contribution in [0.25, 0.3) is 0 Å². The highest BCUT2D eigenvalue weighted by Gasteiger charge is 2.08. The Bertz CT molecular complexity index is 375. The third-order valence-electron chi connectivity index (χ3n) is 1.79. The van der Waals surface area contributed by atoms with Gasteiger partial charge in [-0.2, -0.15) is 0 Å². The second-order valence-electron chi connectivity index (χ2n) is 2.83. The van der Waals surface area contributed by atoms with Crippen LogP contribution in [-0.2, 0) is 20.7 Å². The zero-order valence-electron chi connectivity index (χ0n) is 8.52. The van der Waals surface area contributed by atoms with Gasteiger partial charge in [-0.25, -0.2) is 4.79 Å². The van der Waals surface area contributed by atoms with E-state index in [4.69, 9.17) is 0 Å². The molecule has 0 amide bonds. The summed E-state index contributed by atoms with van der Waals surface area (Å²) in [4.78, 5) is 25.9. The van der Waals surface area contributed by atoms with Crippen LogP contribution >= 0.6 is 0 Å². The average Bonchev–Trinajstić information content (AvgIpc) is 2.28. The van der Waals surface area contributed by atoms with Crippen LogP contribution in [0.1, 0.15) is 15.9 Å². The first-order valence-electron chi connectivity index (χ1n) is 4.26. The summed E-state index contributed by atoms with van der Waals surface area (Å²) in [5.41, 5.74) is 0.934. The van der Waals surface area contributed by atoms with Crippen molar-refractivity contribution >= 4 is 11.9 Å². The zero-order chi connectivity index (χ0) is 11.3. The molecule has 5 heteroatoms. The van der Waals surface area contributed by atoms with Gasteiger partial charge >= 0.3 is 11.9 Å². The van der Waals surface area contributed by atoms with Crippen molar-refractivity contribution in [1.29, 1.82) is 0 Å². The van der Waals surface area contributed by atoms with Crippen molar-refractivity contribution in [3.05, 3.63) is 29.6 Å². The van der Waals surface area contributed by atoms with Crippen LogP contribution in [0.15, 0.2) is 18.5 Å². The second kappa shape index (κ2) is 5.09. The first-order chi connectivity index (χ1) is 7.17. The molecule has 0 saturated carbocycles. The molecule has 0 aliphatic carbocycles. The Morgan fingerprint density at radius 2 is 2.00 bits per heavy atom. The van der Waals surface area contributed by atoms with Crippen molar-refractivity contribution in [3.8, 4) is 0 Å². The summed E-state index contributed by atoms with van der Waals surface area (Å²) < 4.78 is 9.03. The highest BCUT2D eigenvalue weighted by molar-refractivity contribution is 5.89. The molecule has 0 aliphatic rings. The summed E-state index contributed by atoms with van der Waals surface area (Å²) >= 11 is 0. The molecular weight excluding hydrogens is 198 g/mol. The number of aromatic nitrogens is 1. The molecule has 1 heterocycles. The van der Waals surface area contributed by atoms with Gasteiger partial charge in [0.1, 0.15) is 0 Å². The highest BCUT2D eigenvalue weighted by atomic mass is 16.5. The number of carbonyl (C=O) groups is 2. The van der Waals surface area contributed by atoms with Gasteiger partial charge in [0.15, 0.2) is 0 Å². The van der Waals surface area contributed by atoms with Crippen molar-refractivity contribution in [1.82, 2.24) is 4.98 Å². The molecule has 1 aromatic rings. The minimum Gasteiger partial charge on any atom is -0.469 e. The number of hydrogen-bond acceptors (Lipinski definition) is 5. The molecule has 5 nitrogen and oxygen atoms in total. The molecule has 0 aromatic carbocycles. The maximum Gasteiger partial charge on any atom is 0.339 e. The third-order valence-corrected chi connectivity index (χ3v) is 1.79. The van der Waals surface area contributed by atoms with E-state index in [1.54, 1.807) is 6.07 Å². The second-order valence-corrected chi connectivity index (χ2v) is 2.83. The van der Waals surface area contributed by atoms with Crippen molar-refractivity contribution in [2.45, 2.75) is 6.42 Å². The van der Waals surface area contributed by atoms with Gasteiger partial charge in [-0.3, -0.25) is 9.78 Å². The smallest absolute Gasteiger partial charge is 0.339 e. The average molecular weight is 209 g/mol. The fraction of sp³-hybridized carbons (Fsp3) is 0.300. The van der Waals surface area contributed by atoms with Gasteiger partial charge in [0.25, 0.3) is 0 Å². The van der Waals surface area contributed by atoms with E-state index in [1.165, 1.54) is 26.6 Å². The number of rotatable bonds is 3. The Hall–Kier alpha value is -1.91. The fourth-order valence-corrected chi connectivity index (χ4v) is 1.05. The first kappa shape index (κ1) is 11.2. The molecule has 1 aromatic heterocycles. The van der Waals surface area contributed by atoms with E-state index in [9.17, 15) is 9.59 Å². The number of hydrogen-bond donors (Lipinski definition) is 0. The van der Waals surface area contributed by atoms with Crippen LogP contribution in [0.2, 0.25) is 0 Å². The lowest BCUT2D eigenvalue weighted by atomic mass is 10.1. The predicted octanol–water partition coefficient (Wildman–Crippen LogP) is 0.584. The van der Waals surface area contributed by atoms with Crippen molar-refractivity contribution in [2.24, 2.45) is 0 Å². The van der Waals surface area contributed by atoms with Crippen molar-refractivity contribution < 1.29 is 19.1 Å². The fourth-order valence-electron chi connectivity index (χ4n) is 1.05. The van der Waals surface area contributed by atoms with Gasteiger partial charge in [-0.1, -0.05) is 0 Å². The molecule has 0 aliphatic heterocycles. The molecule has 0 N–H and O–H groups in total. The quantitative estimate of drug-likeness (QED) is 0.681. The third kappa shape index (κ3) is 3.05. The molecule has 0 fully saturated rings. The van der Waals surface area contributed by atoms with Crippen LogP contribution < -0.4 is 0 Å². The van der Waals surface area contributed by atoms with Crippen LogP contribution in [0, 0.1) is 0 Å². The Morgan fingerprint density at radius 3 is 2.60 bits per heavy atom.